The standard InChI is InChI=1S/C19H29NO3.C3H8.H2/c1-15(2)9-7-5-6-8-10-19(21)20-14-16-11-12-17(22-3)18(13-16)23-4;1-3-2;/h7,9,11-13,15H,5-6,8,10,14H2,1-4H3,(H,20,21);3H2,1-2H3;1H/b9-7+;;. The molecule has 0 heterocycles. The molecule has 150 valence electrons. The van der Waals surface area contributed by atoms with Crippen LogP contribution < -0.4 is 14.8 Å². The average Bonchev–Trinajstić information content (AvgIpc) is 2.63. The van der Waals surface area contributed by atoms with Crippen LogP contribution in [-0.4, -0.2) is 20.1 Å². The largest absolute Gasteiger partial charge is 0.493 e. The molecule has 0 spiro atoms. The number of allylic oxidation sites excluding steroid dienone is 2. The molecule has 0 saturated heterocycles. The fourth-order valence-corrected chi connectivity index (χ4v) is 2.20. The molecule has 1 rings (SSSR count). The van der Waals surface area contributed by atoms with Crippen molar-refractivity contribution in [3.63, 3.8) is 0 Å². The first-order chi connectivity index (χ1) is 12.5. The van der Waals surface area contributed by atoms with E-state index in [-0.39, 0.29) is 7.33 Å². The number of hydrogen-bond acceptors (Lipinski definition) is 3. The van der Waals surface area contributed by atoms with Gasteiger partial charge in [-0.3, -0.25) is 4.79 Å². The van der Waals surface area contributed by atoms with Gasteiger partial charge in [0.05, 0.1) is 14.2 Å². The highest BCUT2D eigenvalue weighted by atomic mass is 16.5. The average molecular weight is 366 g/mol. The summed E-state index contributed by atoms with van der Waals surface area (Å²) in [6.45, 7) is 9.09. The summed E-state index contributed by atoms with van der Waals surface area (Å²) in [7, 11) is 3.21. The Balaban J connectivity index is 0. The number of unbranched alkanes of at least 4 members (excludes halogenated alkanes) is 2. The fraction of sp³-hybridized carbons (Fsp3) is 0.591. The van der Waals surface area contributed by atoms with Gasteiger partial charge in [0.1, 0.15) is 0 Å². The highest BCUT2D eigenvalue weighted by Gasteiger charge is 2.06. The van der Waals surface area contributed by atoms with Crippen LogP contribution in [0, 0.1) is 5.92 Å². The maximum atomic E-state index is 11.8. The summed E-state index contributed by atoms with van der Waals surface area (Å²) < 4.78 is 10.5. The molecule has 0 aliphatic carbocycles. The van der Waals surface area contributed by atoms with Crippen molar-refractivity contribution in [1.82, 2.24) is 5.32 Å². The van der Waals surface area contributed by atoms with E-state index in [4.69, 9.17) is 9.47 Å². The first kappa shape index (κ1) is 24.0. The Hall–Kier alpha value is -1.97. The Labute approximate surface area is 161 Å². The summed E-state index contributed by atoms with van der Waals surface area (Å²) in [6, 6.07) is 5.66. The van der Waals surface area contributed by atoms with Crippen LogP contribution >= 0.6 is 0 Å². The molecule has 4 nitrogen and oxygen atoms in total. The number of methoxy groups -OCH3 is 2. The second kappa shape index (κ2) is 15.3. The van der Waals surface area contributed by atoms with Crippen molar-refractivity contribution in [1.29, 1.82) is 0 Å². The second-order valence-corrected chi connectivity index (χ2v) is 6.59. The van der Waals surface area contributed by atoms with Gasteiger partial charge in [0.2, 0.25) is 5.91 Å². The molecule has 0 unspecified atom stereocenters. The van der Waals surface area contributed by atoms with Gasteiger partial charge < -0.3 is 14.8 Å². The van der Waals surface area contributed by atoms with E-state index < -0.39 is 0 Å². The highest BCUT2D eigenvalue weighted by molar-refractivity contribution is 5.75. The van der Waals surface area contributed by atoms with Gasteiger partial charge in [-0.15, -0.1) is 0 Å². The third kappa shape index (κ3) is 11.6. The van der Waals surface area contributed by atoms with Crippen molar-refractivity contribution < 1.29 is 15.7 Å². The van der Waals surface area contributed by atoms with E-state index >= 15 is 0 Å². The first-order valence-corrected chi connectivity index (χ1v) is 9.62. The Bertz CT molecular complexity index is 530. The molecule has 0 aliphatic rings. The lowest BCUT2D eigenvalue weighted by Gasteiger charge is -2.10. The molecule has 0 aromatic heterocycles. The highest BCUT2D eigenvalue weighted by Crippen LogP contribution is 2.27. The molecule has 4 heteroatoms. The van der Waals surface area contributed by atoms with Gasteiger partial charge >= 0.3 is 0 Å². The quantitative estimate of drug-likeness (QED) is 0.424. The van der Waals surface area contributed by atoms with Crippen LogP contribution in [0.3, 0.4) is 0 Å². The number of rotatable bonds is 10. The lowest BCUT2D eigenvalue weighted by Crippen LogP contribution is -2.22. The van der Waals surface area contributed by atoms with Crippen molar-refractivity contribution >= 4 is 5.91 Å². The number of hydrogen-bond donors (Lipinski definition) is 1. The fourth-order valence-electron chi connectivity index (χ4n) is 2.20. The van der Waals surface area contributed by atoms with Crippen LogP contribution in [-0.2, 0) is 11.3 Å². The minimum absolute atomic E-state index is 0. The number of nitrogens with one attached hydrogen (secondary N) is 1. The summed E-state index contributed by atoms with van der Waals surface area (Å²) in [5, 5.41) is 2.94. The second-order valence-electron chi connectivity index (χ2n) is 6.59. The van der Waals surface area contributed by atoms with Crippen molar-refractivity contribution in [3.8, 4) is 11.5 Å². The number of ether oxygens (including phenoxy) is 2. The lowest BCUT2D eigenvalue weighted by atomic mass is 10.1. The Morgan fingerprint density at radius 1 is 1.15 bits per heavy atom. The van der Waals surface area contributed by atoms with E-state index in [0.29, 0.717) is 30.4 Å². The van der Waals surface area contributed by atoms with Gasteiger partial charge in [-0.2, -0.15) is 0 Å². The summed E-state index contributed by atoms with van der Waals surface area (Å²) in [4.78, 5) is 11.8. The molecule has 26 heavy (non-hydrogen) atoms. The van der Waals surface area contributed by atoms with E-state index in [0.717, 1.165) is 24.8 Å². The molecule has 1 amide bonds. The Morgan fingerprint density at radius 2 is 1.81 bits per heavy atom. The zero-order valence-corrected chi connectivity index (χ0v) is 17.4. The minimum atomic E-state index is 0. The molecular formula is C22H39NO3. The summed E-state index contributed by atoms with van der Waals surface area (Å²) in [6.07, 6.45) is 9.24. The van der Waals surface area contributed by atoms with Crippen molar-refractivity contribution in [3.05, 3.63) is 35.9 Å². The van der Waals surface area contributed by atoms with Gasteiger partial charge in [0.15, 0.2) is 11.5 Å². The van der Waals surface area contributed by atoms with Crippen molar-refractivity contribution in [2.45, 2.75) is 66.3 Å². The molecule has 0 bridgehead atoms. The normalized spacial score (nSPS) is 10.4. The smallest absolute Gasteiger partial charge is 0.220 e. The first-order valence-electron chi connectivity index (χ1n) is 9.62. The van der Waals surface area contributed by atoms with Crippen LogP contribution in [0.2, 0.25) is 0 Å². The summed E-state index contributed by atoms with van der Waals surface area (Å²) in [5.41, 5.74) is 0.996. The molecule has 0 saturated carbocycles. The van der Waals surface area contributed by atoms with Crippen molar-refractivity contribution in [2.24, 2.45) is 5.92 Å². The molecule has 0 atom stereocenters. The molecular weight excluding hydrogens is 326 g/mol. The van der Waals surface area contributed by atoms with E-state index in [2.05, 4.69) is 45.2 Å². The number of amides is 1. The molecule has 0 aliphatic heterocycles. The van der Waals surface area contributed by atoms with Crippen LogP contribution in [0.15, 0.2) is 30.4 Å². The van der Waals surface area contributed by atoms with Crippen LogP contribution in [0.5, 0.6) is 11.5 Å². The zero-order valence-electron chi connectivity index (χ0n) is 17.4. The predicted octanol–water partition coefficient (Wildman–Crippen LogP) is 5.75. The van der Waals surface area contributed by atoms with E-state index in [1.54, 1.807) is 14.2 Å². The van der Waals surface area contributed by atoms with E-state index in [1.165, 1.54) is 6.42 Å². The topological polar surface area (TPSA) is 47.6 Å². The Kier molecular flexibility index (Phi) is 14.1. The van der Waals surface area contributed by atoms with Gasteiger partial charge in [0.25, 0.3) is 0 Å². The summed E-state index contributed by atoms with van der Waals surface area (Å²) in [5.74, 6) is 2.06. The molecule has 1 aromatic rings. The van der Waals surface area contributed by atoms with E-state index in [1.807, 2.05) is 18.2 Å². The van der Waals surface area contributed by atoms with E-state index in [9.17, 15) is 4.79 Å². The minimum Gasteiger partial charge on any atom is -0.493 e. The molecule has 1 N–H and O–H groups in total. The number of carbonyl (C=O) groups is 1. The lowest BCUT2D eigenvalue weighted by molar-refractivity contribution is -0.121. The molecule has 0 radical (unpaired) electrons. The van der Waals surface area contributed by atoms with Crippen LogP contribution in [0.4, 0.5) is 0 Å². The predicted molar refractivity (Wildman–Crippen MR) is 112 cm³/mol. The maximum Gasteiger partial charge on any atom is 0.220 e. The SMILES string of the molecule is CCC.COc1ccc(CNC(=O)CCCC/C=C/C(C)C)cc1OC.[HH]. The maximum absolute atomic E-state index is 11.8. The number of carbonyl (C=O) groups excluding carboxylic acids is 1. The third-order valence-corrected chi connectivity index (χ3v) is 3.48. The van der Waals surface area contributed by atoms with Gasteiger partial charge in [0, 0.05) is 14.4 Å². The zero-order chi connectivity index (χ0) is 19.8. The van der Waals surface area contributed by atoms with Crippen LogP contribution in [0.25, 0.3) is 0 Å². The molecule has 0 fully saturated rings. The monoisotopic (exact) mass is 365 g/mol. The molecule has 1 aromatic carbocycles. The van der Waals surface area contributed by atoms with Crippen molar-refractivity contribution in [2.75, 3.05) is 14.2 Å². The van der Waals surface area contributed by atoms with Gasteiger partial charge in [-0.05, 0) is 42.9 Å². The Morgan fingerprint density at radius 3 is 2.38 bits per heavy atom. The summed E-state index contributed by atoms with van der Waals surface area (Å²) >= 11 is 0. The van der Waals surface area contributed by atoms with Crippen LogP contribution in [0.1, 0.15) is 66.8 Å². The van der Waals surface area contributed by atoms with Gasteiger partial charge in [-0.25, -0.2) is 0 Å². The third-order valence-electron chi connectivity index (χ3n) is 3.48. The number of benzene rings is 1. The van der Waals surface area contributed by atoms with Gasteiger partial charge in [-0.1, -0.05) is 52.3 Å².